The predicted molar refractivity (Wildman–Crippen MR) is 94.2 cm³/mol. The van der Waals surface area contributed by atoms with Crippen LogP contribution in [0.4, 0.5) is 0 Å². The summed E-state index contributed by atoms with van der Waals surface area (Å²) in [6.07, 6.45) is 11.1. The van der Waals surface area contributed by atoms with Gasteiger partial charge < -0.3 is 4.98 Å². The molecular weight excluding hydrogens is 282 g/mol. The Kier molecular flexibility index (Phi) is 4.12. The van der Waals surface area contributed by atoms with E-state index in [1.807, 2.05) is 18.6 Å². The smallest absolute Gasteiger partial charge is 0.0499 e. The average molecular weight is 305 g/mol. The Morgan fingerprint density at radius 3 is 2.87 bits per heavy atom. The molecule has 1 fully saturated rings. The van der Waals surface area contributed by atoms with Crippen molar-refractivity contribution in [3.63, 3.8) is 0 Å². The Morgan fingerprint density at radius 2 is 1.96 bits per heavy atom. The van der Waals surface area contributed by atoms with Crippen molar-refractivity contribution < 1.29 is 0 Å². The van der Waals surface area contributed by atoms with Crippen molar-refractivity contribution in [1.29, 1.82) is 0 Å². The standard InChI is InChI=1S/C20H23N3/c1-2-7-19(16-8-11-21-12-9-16)23(14-3-1)15-18-6-4-5-17-10-13-22-20(17)18/h4-6,8-13,19,22H,1-3,7,14-15H2. The summed E-state index contributed by atoms with van der Waals surface area (Å²) in [5.41, 5.74) is 4.08. The molecule has 0 radical (unpaired) electrons. The minimum Gasteiger partial charge on any atom is -0.361 e. The maximum Gasteiger partial charge on any atom is 0.0499 e. The molecule has 4 rings (SSSR count). The number of nitrogens with zero attached hydrogens (tertiary/aromatic N) is 2. The number of pyridine rings is 1. The fraction of sp³-hybridized carbons (Fsp3) is 0.350. The largest absolute Gasteiger partial charge is 0.361 e. The van der Waals surface area contributed by atoms with Gasteiger partial charge in [-0.3, -0.25) is 9.88 Å². The van der Waals surface area contributed by atoms with Gasteiger partial charge in [-0.05, 0) is 54.1 Å². The zero-order valence-electron chi connectivity index (χ0n) is 13.4. The van der Waals surface area contributed by atoms with Gasteiger partial charge in [0.1, 0.15) is 0 Å². The Hall–Kier alpha value is -2.13. The third kappa shape index (κ3) is 3.02. The van der Waals surface area contributed by atoms with Gasteiger partial charge in [0.05, 0.1) is 0 Å². The second-order valence-corrected chi connectivity index (χ2v) is 6.48. The van der Waals surface area contributed by atoms with Crippen molar-refractivity contribution >= 4 is 10.9 Å². The fourth-order valence-electron chi connectivity index (χ4n) is 3.82. The van der Waals surface area contributed by atoms with Crippen LogP contribution < -0.4 is 0 Å². The Morgan fingerprint density at radius 1 is 1.04 bits per heavy atom. The first-order valence-electron chi connectivity index (χ1n) is 8.61. The van der Waals surface area contributed by atoms with Gasteiger partial charge in [0.2, 0.25) is 0 Å². The summed E-state index contributed by atoms with van der Waals surface area (Å²) in [4.78, 5) is 10.2. The van der Waals surface area contributed by atoms with E-state index in [4.69, 9.17) is 0 Å². The van der Waals surface area contributed by atoms with Gasteiger partial charge in [-0.25, -0.2) is 0 Å². The highest BCUT2D eigenvalue weighted by Crippen LogP contribution is 2.32. The molecule has 118 valence electrons. The van der Waals surface area contributed by atoms with E-state index in [1.165, 1.54) is 54.3 Å². The number of aromatic amines is 1. The molecule has 3 heteroatoms. The van der Waals surface area contributed by atoms with Gasteiger partial charge in [0.15, 0.2) is 0 Å². The highest BCUT2D eigenvalue weighted by atomic mass is 15.2. The molecule has 0 amide bonds. The highest BCUT2D eigenvalue weighted by Gasteiger charge is 2.23. The molecule has 0 spiro atoms. The lowest BCUT2D eigenvalue weighted by Crippen LogP contribution is -2.28. The number of H-pyrrole nitrogens is 1. The summed E-state index contributed by atoms with van der Waals surface area (Å²) in [5.74, 6) is 0. The molecule has 0 aliphatic carbocycles. The first kappa shape index (κ1) is 14.5. The van der Waals surface area contributed by atoms with E-state index in [9.17, 15) is 0 Å². The van der Waals surface area contributed by atoms with Crippen molar-refractivity contribution in [3.8, 4) is 0 Å². The third-order valence-corrected chi connectivity index (χ3v) is 5.00. The van der Waals surface area contributed by atoms with Crippen molar-refractivity contribution in [2.75, 3.05) is 6.54 Å². The SMILES string of the molecule is c1cc(CN2CCCCCC2c2ccncc2)c2[nH]ccc2c1. The maximum absolute atomic E-state index is 4.18. The molecule has 3 heterocycles. The van der Waals surface area contributed by atoms with Crippen LogP contribution in [0.1, 0.15) is 42.9 Å². The molecule has 1 N–H and O–H groups in total. The lowest BCUT2D eigenvalue weighted by Gasteiger charge is -2.30. The van der Waals surface area contributed by atoms with E-state index in [2.05, 4.69) is 51.3 Å². The molecule has 23 heavy (non-hydrogen) atoms. The number of rotatable bonds is 3. The number of nitrogens with one attached hydrogen (secondary N) is 1. The van der Waals surface area contributed by atoms with Gasteiger partial charge >= 0.3 is 0 Å². The molecule has 2 aromatic heterocycles. The normalized spacial score (nSPS) is 19.7. The summed E-state index contributed by atoms with van der Waals surface area (Å²) in [6, 6.07) is 13.6. The molecule has 3 nitrogen and oxygen atoms in total. The average Bonchev–Trinajstić information content (AvgIpc) is 2.96. The molecular formula is C20H23N3. The number of fused-ring (bicyclic) bond motifs is 1. The van der Waals surface area contributed by atoms with E-state index >= 15 is 0 Å². The number of para-hydroxylation sites is 1. The summed E-state index contributed by atoms with van der Waals surface area (Å²) in [6.45, 7) is 2.18. The van der Waals surface area contributed by atoms with Crippen molar-refractivity contribution in [1.82, 2.24) is 14.9 Å². The van der Waals surface area contributed by atoms with Crippen LogP contribution in [-0.2, 0) is 6.54 Å². The zero-order valence-corrected chi connectivity index (χ0v) is 13.4. The molecule has 0 saturated carbocycles. The van der Waals surface area contributed by atoms with Crippen LogP contribution in [0.15, 0.2) is 55.0 Å². The molecule has 1 unspecified atom stereocenters. The van der Waals surface area contributed by atoms with E-state index < -0.39 is 0 Å². The summed E-state index contributed by atoms with van der Waals surface area (Å²) >= 11 is 0. The lowest BCUT2D eigenvalue weighted by atomic mass is 10.0. The highest BCUT2D eigenvalue weighted by molar-refractivity contribution is 5.82. The second-order valence-electron chi connectivity index (χ2n) is 6.48. The molecule has 1 aromatic carbocycles. The molecule has 1 aliphatic rings. The van der Waals surface area contributed by atoms with Crippen LogP contribution >= 0.6 is 0 Å². The maximum atomic E-state index is 4.18. The number of aromatic nitrogens is 2. The van der Waals surface area contributed by atoms with E-state index in [-0.39, 0.29) is 0 Å². The van der Waals surface area contributed by atoms with Gasteiger partial charge in [-0.2, -0.15) is 0 Å². The van der Waals surface area contributed by atoms with Crippen LogP contribution in [0, 0.1) is 0 Å². The summed E-state index contributed by atoms with van der Waals surface area (Å²) in [7, 11) is 0. The van der Waals surface area contributed by atoms with Gasteiger partial charge in [0, 0.05) is 36.7 Å². The third-order valence-electron chi connectivity index (χ3n) is 5.00. The monoisotopic (exact) mass is 305 g/mol. The number of benzene rings is 1. The van der Waals surface area contributed by atoms with Crippen LogP contribution in [-0.4, -0.2) is 21.4 Å². The Labute approximate surface area is 137 Å². The van der Waals surface area contributed by atoms with Crippen molar-refractivity contribution in [3.05, 3.63) is 66.1 Å². The molecule has 1 atom stereocenters. The topological polar surface area (TPSA) is 31.9 Å². The predicted octanol–water partition coefficient (Wildman–Crippen LogP) is 4.68. The molecule has 3 aromatic rings. The minimum atomic E-state index is 0.505. The molecule has 1 aliphatic heterocycles. The molecule has 1 saturated heterocycles. The van der Waals surface area contributed by atoms with E-state index in [0.29, 0.717) is 6.04 Å². The minimum absolute atomic E-state index is 0.505. The van der Waals surface area contributed by atoms with Gasteiger partial charge in [0.25, 0.3) is 0 Å². The second kappa shape index (κ2) is 6.55. The molecule has 0 bridgehead atoms. The van der Waals surface area contributed by atoms with Crippen LogP contribution in [0.2, 0.25) is 0 Å². The Bertz CT molecular complexity index is 763. The summed E-state index contributed by atoms with van der Waals surface area (Å²) in [5, 5.41) is 1.30. The van der Waals surface area contributed by atoms with Crippen LogP contribution in [0.3, 0.4) is 0 Å². The number of likely N-dealkylation sites (tertiary alicyclic amines) is 1. The van der Waals surface area contributed by atoms with Crippen LogP contribution in [0.25, 0.3) is 10.9 Å². The van der Waals surface area contributed by atoms with Crippen molar-refractivity contribution in [2.24, 2.45) is 0 Å². The van der Waals surface area contributed by atoms with E-state index in [1.54, 1.807) is 0 Å². The summed E-state index contributed by atoms with van der Waals surface area (Å²) < 4.78 is 0. The number of hydrogen-bond acceptors (Lipinski definition) is 2. The zero-order chi connectivity index (χ0) is 15.5. The van der Waals surface area contributed by atoms with Gasteiger partial charge in [-0.15, -0.1) is 0 Å². The van der Waals surface area contributed by atoms with E-state index in [0.717, 1.165) is 6.54 Å². The van der Waals surface area contributed by atoms with Gasteiger partial charge in [-0.1, -0.05) is 31.0 Å². The van der Waals surface area contributed by atoms with Crippen molar-refractivity contribution in [2.45, 2.75) is 38.3 Å². The first-order chi connectivity index (χ1) is 11.4. The Balaban J connectivity index is 1.65. The number of hydrogen-bond donors (Lipinski definition) is 1. The quantitative estimate of drug-likeness (QED) is 0.762. The fourth-order valence-corrected chi connectivity index (χ4v) is 3.82. The first-order valence-corrected chi connectivity index (χ1v) is 8.61. The van der Waals surface area contributed by atoms with Crippen LogP contribution in [0.5, 0.6) is 0 Å². The lowest BCUT2D eigenvalue weighted by molar-refractivity contribution is 0.193.